The molecule has 7 nitrogen and oxygen atoms in total. The summed E-state index contributed by atoms with van der Waals surface area (Å²) < 4.78 is 79.0. The van der Waals surface area contributed by atoms with E-state index in [1.807, 2.05) is 6.92 Å². The van der Waals surface area contributed by atoms with E-state index in [0.717, 1.165) is 42.6 Å². The van der Waals surface area contributed by atoms with Gasteiger partial charge in [0.25, 0.3) is 0 Å². The number of halogens is 3. The zero-order chi connectivity index (χ0) is 28.3. The Kier molecular flexibility index (Phi) is 9.72. The fraction of sp³-hybridized carbons (Fsp3) is 0.556. The third-order valence-corrected chi connectivity index (χ3v) is 7.88. The highest BCUT2D eigenvalue weighted by molar-refractivity contribution is 7.85. The highest BCUT2D eigenvalue weighted by atomic mass is 32.2. The number of aryl methyl sites for hydroxylation is 1. The lowest BCUT2D eigenvalue weighted by molar-refractivity contribution is -0.944. The van der Waals surface area contributed by atoms with Crippen molar-refractivity contribution in [1.82, 2.24) is 0 Å². The average molecular weight is 560 g/mol. The normalized spacial score (nSPS) is 23.1. The molecule has 0 saturated carbocycles. The molecule has 2 aliphatic rings. The Bertz CT molecular complexity index is 1180. The smallest absolute Gasteiger partial charge is 0.422 e. The Morgan fingerprint density at radius 1 is 1.16 bits per heavy atom. The monoisotopic (exact) mass is 559 g/mol. The molecule has 1 unspecified atom stereocenters. The van der Waals surface area contributed by atoms with Crippen molar-refractivity contribution in [3.8, 4) is 11.5 Å². The Morgan fingerprint density at radius 3 is 2.37 bits per heavy atom. The van der Waals surface area contributed by atoms with Crippen LogP contribution in [0.3, 0.4) is 0 Å². The molecule has 0 spiro atoms. The molecule has 2 heterocycles. The zero-order valence-corrected chi connectivity index (χ0v) is 22.9. The van der Waals surface area contributed by atoms with Crippen LogP contribution in [-0.4, -0.2) is 57.2 Å². The molecular formula is C27H36F3NO6S. The van der Waals surface area contributed by atoms with Gasteiger partial charge >= 0.3 is 6.18 Å². The van der Waals surface area contributed by atoms with Crippen LogP contribution in [0.4, 0.5) is 13.2 Å². The largest absolute Gasteiger partial charge is 0.744 e. The lowest BCUT2D eigenvalue weighted by atomic mass is 9.79. The summed E-state index contributed by atoms with van der Waals surface area (Å²) in [6.45, 7) is 6.68. The minimum Gasteiger partial charge on any atom is -0.744 e. The van der Waals surface area contributed by atoms with E-state index in [4.69, 9.17) is 9.47 Å². The van der Waals surface area contributed by atoms with E-state index in [-0.39, 0.29) is 22.8 Å². The molecule has 1 saturated heterocycles. The van der Waals surface area contributed by atoms with Gasteiger partial charge in [0.2, 0.25) is 0 Å². The van der Waals surface area contributed by atoms with Crippen molar-refractivity contribution in [2.75, 3.05) is 26.8 Å². The summed E-state index contributed by atoms with van der Waals surface area (Å²) in [4.78, 5) is 1.27. The van der Waals surface area contributed by atoms with Gasteiger partial charge in [0, 0.05) is 24.3 Å². The number of ether oxygens (including phenoxy) is 2. The molecule has 11 heteroatoms. The van der Waals surface area contributed by atoms with Crippen LogP contribution in [0.5, 0.6) is 11.5 Å². The van der Waals surface area contributed by atoms with E-state index in [9.17, 15) is 31.2 Å². The molecule has 4 rings (SSSR count). The summed E-state index contributed by atoms with van der Waals surface area (Å²) in [5, 5.41) is 10.6. The van der Waals surface area contributed by atoms with E-state index >= 15 is 0 Å². The maximum absolute atomic E-state index is 12.5. The number of piperidine rings is 1. The standard InChI is InChI=1S/C20H28F3NO3.C7H8O3S/c1-12(2)6-14-10-24-5-4-13-7-19(27-11-20(21,22)23)18(26-3)8-15(13)16(24)9-17(14)25;1-6-2-4-7(5-3-6)11(8,9)10/h7-8,12,14,16-17,25H,4-6,9-11H2,1-3H3;2-5H,1H3,(H,8,9,10)/t14-,16-,17-;/m0./s1. The lowest BCUT2D eigenvalue weighted by Crippen LogP contribution is -3.15. The number of methoxy groups -OCH3 is 1. The highest BCUT2D eigenvalue weighted by Gasteiger charge is 2.42. The van der Waals surface area contributed by atoms with Crippen LogP contribution in [0.25, 0.3) is 0 Å². The molecule has 2 aromatic rings. The maximum Gasteiger partial charge on any atom is 0.422 e. The van der Waals surface area contributed by atoms with Crippen LogP contribution < -0.4 is 14.4 Å². The zero-order valence-electron chi connectivity index (χ0n) is 22.0. The maximum atomic E-state index is 12.5. The van der Waals surface area contributed by atoms with E-state index < -0.39 is 22.9 Å². The number of hydrogen-bond acceptors (Lipinski definition) is 6. The van der Waals surface area contributed by atoms with E-state index in [2.05, 4.69) is 13.8 Å². The van der Waals surface area contributed by atoms with Gasteiger partial charge in [-0.15, -0.1) is 0 Å². The topological polar surface area (TPSA) is 100 Å². The van der Waals surface area contributed by atoms with E-state index in [1.54, 1.807) is 24.3 Å². The highest BCUT2D eigenvalue weighted by Crippen LogP contribution is 2.38. The Hall–Kier alpha value is -2.34. The van der Waals surface area contributed by atoms with Crippen molar-refractivity contribution in [2.24, 2.45) is 11.8 Å². The van der Waals surface area contributed by atoms with Crippen molar-refractivity contribution < 1.29 is 45.6 Å². The first-order chi connectivity index (χ1) is 17.7. The van der Waals surface area contributed by atoms with Gasteiger partial charge in [-0.2, -0.15) is 13.2 Å². The minimum atomic E-state index is -4.39. The minimum absolute atomic E-state index is 0.131. The molecule has 38 heavy (non-hydrogen) atoms. The van der Waals surface area contributed by atoms with Crippen LogP contribution in [0.2, 0.25) is 0 Å². The molecule has 0 bridgehead atoms. The molecule has 212 valence electrons. The number of alkyl halides is 3. The van der Waals surface area contributed by atoms with Crippen molar-refractivity contribution >= 4 is 10.1 Å². The van der Waals surface area contributed by atoms with Crippen LogP contribution in [0, 0.1) is 18.8 Å². The van der Waals surface area contributed by atoms with Crippen LogP contribution in [0.1, 0.15) is 49.4 Å². The predicted molar refractivity (Wildman–Crippen MR) is 134 cm³/mol. The van der Waals surface area contributed by atoms with Crippen molar-refractivity contribution in [2.45, 2.75) is 63.3 Å². The Morgan fingerprint density at radius 2 is 1.82 bits per heavy atom. The molecule has 2 aromatic carbocycles. The van der Waals surface area contributed by atoms with Gasteiger partial charge in [-0.1, -0.05) is 31.5 Å². The summed E-state index contributed by atoms with van der Waals surface area (Å²) in [6, 6.07) is 9.42. The molecule has 2 aliphatic heterocycles. The Labute approximate surface area is 222 Å². The number of nitrogens with one attached hydrogen (secondary N) is 1. The molecule has 1 fully saturated rings. The van der Waals surface area contributed by atoms with Crippen LogP contribution in [-0.2, 0) is 16.5 Å². The van der Waals surface area contributed by atoms with Gasteiger partial charge in [0.05, 0.1) is 31.2 Å². The first-order valence-corrected chi connectivity index (χ1v) is 14.0. The SMILES string of the molecule is COc1cc2c(cc1OCC(F)(F)F)CC[NH+]1C[C@H](CC(C)C)[C@@H](O)C[C@@H]21.Cc1ccc(S(=O)(=O)[O-])cc1. The molecule has 2 N–H and O–H groups in total. The Balaban J connectivity index is 0.000000304. The lowest BCUT2D eigenvalue weighted by Gasteiger charge is -2.43. The average Bonchev–Trinajstić information content (AvgIpc) is 2.82. The number of fused-ring (bicyclic) bond motifs is 3. The second-order valence-corrected chi connectivity index (χ2v) is 11.9. The van der Waals surface area contributed by atoms with Crippen molar-refractivity contribution in [3.05, 3.63) is 53.1 Å². The molecule has 0 amide bonds. The van der Waals surface area contributed by atoms with Crippen LogP contribution in [0.15, 0.2) is 41.3 Å². The first-order valence-electron chi connectivity index (χ1n) is 12.6. The third kappa shape index (κ3) is 8.08. The molecule has 4 atom stereocenters. The second-order valence-electron chi connectivity index (χ2n) is 10.5. The fourth-order valence-electron chi connectivity index (χ4n) is 5.28. The second kappa shape index (κ2) is 12.2. The number of aliphatic hydroxyl groups is 1. The predicted octanol–water partition coefficient (Wildman–Crippen LogP) is 3.44. The van der Waals surface area contributed by atoms with Gasteiger partial charge in [-0.3, -0.25) is 0 Å². The summed E-state index contributed by atoms with van der Waals surface area (Å²) >= 11 is 0. The molecule has 0 radical (unpaired) electrons. The van der Waals surface area contributed by atoms with E-state index in [0.29, 0.717) is 24.0 Å². The van der Waals surface area contributed by atoms with Gasteiger partial charge < -0.3 is 24.0 Å². The number of hydrogen-bond donors (Lipinski definition) is 2. The van der Waals surface area contributed by atoms with Gasteiger partial charge in [-0.25, -0.2) is 8.42 Å². The summed E-state index contributed by atoms with van der Waals surface area (Å²) in [7, 11) is -2.84. The first kappa shape index (κ1) is 30.2. The summed E-state index contributed by atoms with van der Waals surface area (Å²) in [5.74, 6) is 1.30. The van der Waals surface area contributed by atoms with Crippen LogP contribution >= 0.6 is 0 Å². The van der Waals surface area contributed by atoms with Crippen molar-refractivity contribution in [3.63, 3.8) is 0 Å². The third-order valence-electron chi connectivity index (χ3n) is 7.03. The van der Waals surface area contributed by atoms with E-state index in [1.165, 1.54) is 24.1 Å². The number of rotatable bonds is 6. The number of benzene rings is 2. The van der Waals surface area contributed by atoms with Crippen molar-refractivity contribution in [1.29, 1.82) is 0 Å². The number of aliphatic hydroxyl groups excluding tert-OH is 1. The summed E-state index contributed by atoms with van der Waals surface area (Å²) in [5.41, 5.74) is 2.99. The van der Waals surface area contributed by atoms with Gasteiger partial charge in [0.15, 0.2) is 18.1 Å². The van der Waals surface area contributed by atoms with Gasteiger partial charge in [-0.05, 0) is 49.1 Å². The number of quaternary nitrogens is 1. The summed E-state index contributed by atoms with van der Waals surface area (Å²) in [6.07, 6.45) is -2.26. The quantitative estimate of drug-likeness (QED) is 0.526. The van der Waals surface area contributed by atoms with Gasteiger partial charge in [0.1, 0.15) is 16.2 Å². The molecule has 0 aromatic heterocycles. The fourth-order valence-corrected chi connectivity index (χ4v) is 5.74. The molecule has 0 aliphatic carbocycles. The molecular weight excluding hydrogens is 523 g/mol.